The van der Waals surface area contributed by atoms with Crippen molar-refractivity contribution in [2.24, 2.45) is 0 Å². The molecule has 2 aromatic carbocycles. The first-order valence-electron chi connectivity index (χ1n) is 6.06. The second kappa shape index (κ2) is 4.70. The number of hydrogen-bond acceptors (Lipinski definition) is 3. The van der Waals surface area contributed by atoms with Gasteiger partial charge in [-0.3, -0.25) is 9.36 Å². The van der Waals surface area contributed by atoms with Crippen molar-refractivity contribution in [3.05, 3.63) is 59.1 Å². The number of aromatic nitrogens is 1. The van der Waals surface area contributed by atoms with Gasteiger partial charge in [0.05, 0.1) is 5.52 Å². The van der Waals surface area contributed by atoms with E-state index >= 15 is 0 Å². The van der Waals surface area contributed by atoms with Gasteiger partial charge in [-0.25, -0.2) is 4.79 Å². The molecular formula is C15H11NO4. The molecule has 100 valence electrons. The Morgan fingerprint density at radius 2 is 1.85 bits per heavy atom. The second-order valence-corrected chi connectivity index (χ2v) is 4.37. The van der Waals surface area contributed by atoms with Gasteiger partial charge in [0.2, 0.25) is 0 Å². The molecule has 0 saturated heterocycles. The molecule has 1 heterocycles. The SMILES string of the molecule is O=C(O)Cn1c(=O)oc2c(-c3ccccc3)cccc21. The van der Waals surface area contributed by atoms with Gasteiger partial charge in [0.1, 0.15) is 6.54 Å². The summed E-state index contributed by atoms with van der Waals surface area (Å²) in [6.07, 6.45) is 0. The number of para-hydroxylation sites is 1. The van der Waals surface area contributed by atoms with Crippen molar-refractivity contribution in [3.63, 3.8) is 0 Å². The van der Waals surface area contributed by atoms with E-state index in [-0.39, 0.29) is 0 Å². The number of carboxylic acids is 1. The van der Waals surface area contributed by atoms with Gasteiger partial charge in [-0.2, -0.15) is 0 Å². The maximum Gasteiger partial charge on any atom is 0.420 e. The molecule has 0 aliphatic heterocycles. The standard InChI is InChI=1S/C15H11NO4/c17-13(18)9-16-12-8-4-7-11(14(12)20-15(16)19)10-5-2-1-3-6-10/h1-8H,9H2,(H,17,18). The lowest BCUT2D eigenvalue weighted by atomic mass is 10.0. The predicted molar refractivity (Wildman–Crippen MR) is 73.5 cm³/mol. The molecule has 1 N–H and O–H groups in total. The molecule has 0 aliphatic carbocycles. The molecule has 1 aromatic heterocycles. The zero-order chi connectivity index (χ0) is 14.1. The highest BCUT2D eigenvalue weighted by Gasteiger charge is 2.15. The summed E-state index contributed by atoms with van der Waals surface area (Å²) in [5, 5.41) is 8.85. The summed E-state index contributed by atoms with van der Waals surface area (Å²) in [6.45, 7) is -0.413. The summed E-state index contributed by atoms with van der Waals surface area (Å²) >= 11 is 0. The molecule has 0 amide bonds. The Morgan fingerprint density at radius 3 is 2.55 bits per heavy atom. The minimum Gasteiger partial charge on any atom is -0.480 e. The zero-order valence-corrected chi connectivity index (χ0v) is 10.4. The molecule has 0 atom stereocenters. The Balaban J connectivity index is 2.27. The molecule has 0 saturated carbocycles. The largest absolute Gasteiger partial charge is 0.480 e. The van der Waals surface area contributed by atoms with Crippen molar-refractivity contribution < 1.29 is 14.3 Å². The summed E-state index contributed by atoms with van der Waals surface area (Å²) in [6, 6.07) is 14.8. The van der Waals surface area contributed by atoms with Crippen LogP contribution < -0.4 is 5.76 Å². The Hall–Kier alpha value is -2.82. The Morgan fingerprint density at radius 1 is 1.10 bits per heavy atom. The van der Waals surface area contributed by atoms with E-state index in [0.29, 0.717) is 11.1 Å². The number of carboxylic acid groups (broad SMARTS) is 1. The number of benzene rings is 2. The van der Waals surface area contributed by atoms with Crippen molar-refractivity contribution in [1.82, 2.24) is 4.57 Å². The van der Waals surface area contributed by atoms with E-state index < -0.39 is 18.3 Å². The fourth-order valence-corrected chi connectivity index (χ4v) is 2.22. The van der Waals surface area contributed by atoms with Crippen LogP contribution in [0.4, 0.5) is 0 Å². The maximum atomic E-state index is 11.8. The highest BCUT2D eigenvalue weighted by Crippen LogP contribution is 2.27. The van der Waals surface area contributed by atoms with E-state index in [1.165, 1.54) is 0 Å². The molecular weight excluding hydrogens is 258 g/mol. The predicted octanol–water partition coefficient (Wildman–Crippen LogP) is 2.35. The average molecular weight is 269 g/mol. The third kappa shape index (κ3) is 1.99. The highest BCUT2D eigenvalue weighted by molar-refractivity contribution is 5.90. The number of hydrogen-bond donors (Lipinski definition) is 1. The molecule has 0 bridgehead atoms. The minimum atomic E-state index is -1.08. The van der Waals surface area contributed by atoms with Gasteiger partial charge < -0.3 is 9.52 Å². The van der Waals surface area contributed by atoms with Gasteiger partial charge in [0.25, 0.3) is 0 Å². The highest BCUT2D eigenvalue weighted by atomic mass is 16.4. The van der Waals surface area contributed by atoms with Crippen molar-refractivity contribution >= 4 is 17.1 Å². The Kier molecular flexibility index (Phi) is 2.87. The zero-order valence-electron chi connectivity index (χ0n) is 10.4. The van der Waals surface area contributed by atoms with Crippen molar-refractivity contribution in [1.29, 1.82) is 0 Å². The normalized spacial score (nSPS) is 10.8. The molecule has 5 nitrogen and oxygen atoms in total. The van der Waals surface area contributed by atoms with E-state index in [2.05, 4.69) is 0 Å². The monoisotopic (exact) mass is 269 g/mol. The van der Waals surface area contributed by atoms with Crippen LogP contribution in [0.15, 0.2) is 57.7 Å². The van der Waals surface area contributed by atoms with Gasteiger partial charge in [0.15, 0.2) is 5.58 Å². The van der Waals surface area contributed by atoms with Crippen molar-refractivity contribution in [2.75, 3.05) is 0 Å². The molecule has 5 heteroatoms. The van der Waals surface area contributed by atoms with Crippen molar-refractivity contribution in [3.8, 4) is 11.1 Å². The molecule has 0 aliphatic rings. The molecule has 3 rings (SSSR count). The summed E-state index contributed by atoms with van der Waals surface area (Å²) < 4.78 is 6.34. The molecule has 0 fully saturated rings. The maximum absolute atomic E-state index is 11.8. The average Bonchev–Trinajstić information content (AvgIpc) is 2.76. The van der Waals surface area contributed by atoms with Crippen molar-refractivity contribution in [2.45, 2.75) is 6.54 Å². The van der Waals surface area contributed by atoms with E-state index in [1.807, 2.05) is 36.4 Å². The lowest BCUT2D eigenvalue weighted by Crippen LogP contribution is -2.19. The number of aliphatic carboxylic acids is 1. The fourth-order valence-electron chi connectivity index (χ4n) is 2.22. The topological polar surface area (TPSA) is 72.4 Å². The number of rotatable bonds is 3. The van der Waals surface area contributed by atoms with Crippen LogP contribution in [-0.2, 0) is 11.3 Å². The van der Waals surface area contributed by atoms with Crippen LogP contribution in [0.3, 0.4) is 0 Å². The lowest BCUT2D eigenvalue weighted by Gasteiger charge is -2.02. The second-order valence-electron chi connectivity index (χ2n) is 4.37. The van der Waals surface area contributed by atoms with Crippen LogP contribution in [0.2, 0.25) is 0 Å². The lowest BCUT2D eigenvalue weighted by molar-refractivity contribution is -0.137. The molecule has 0 radical (unpaired) electrons. The number of nitrogens with zero attached hydrogens (tertiary/aromatic N) is 1. The number of oxazole rings is 1. The van der Waals surface area contributed by atoms with Gasteiger partial charge in [-0.05, 0) is 11.6 Å². The molecule has 20 heavy (non-hydrogen) atoms. The summed E-state index contributed by atoms with van der Waals surface area (Å²) in [5.41, 5.74) is 2.57. The van der Waals surface area contributed by atoms with Gasteiger partial charge in [0, 0.05) is 5.56 Å². The number of carbonyl (C=O) groups is 1. The molecule has 0 unspecified atom stereocenters. The summed E-state index contributed by atoms with van der Waals surface area (Å²) in [7, 11) is 0. The van der Waals surface area contributed by atoms with Crippen LogP contribution in [0.1, 0.15) is 0 Å². The molecule has 0 spiro atoms. The van der Waals surface area contributed by atoms with E-state index in [4.69, 9.17) is 9.52 Å². The van der Waals surface area contributed by atoms with Crippen LogP contribution in [0.25, 0.3) is 22.2 Å². The first-order valence-corrected chi connectivity index (χ1v) is 6.06. The quantitative estimate of drug-likeness (QED) is 0.792. The van der Waals surface area contributed by atoms with Gasteiger partial charge >= 0.3 is 11.7 Å². The van der Waals surface area contributed by atoms with Crippen LogP contribution in [-0.4, -0.2) is 15.6 Å². The number of fused-ring (bicyclic) bond motifs is 1. The summed E-state index contributed by atoms with van der Waals surface area (Å²) in [5.74, 6) is -1.74. The first kappa shape index (κ1) is 12.2. The van der Waals surface area contributed by atoms with E-state index in [0.717, 1.165) is 15.7 Å². The smallest absolute Gasteiger partial charge is 0.420 e. The minimum absolute atomic E-state index is 0.407. The van der Waals surface area contributed by atoms with Crippen LogP contribution >= 0.6 is 0 Å². The molecule has 3 aromatic rings. The Labute approximate surface area is 113 Å². The van der Waals surface area contributed by atoms with Crippen LogP contribution in [0.5, 0.6) is 0 Å². The third-order valence-corrected chi connectivity index (χ3v) is 3.07. The van der Waals surface area contributed by atoms with Crippen LogP contribution in [0, 0.1) is 0 Å². The summed E-state index contributed by atoms with van der Waals surface area (Å²) in [4.78, 5) is 22.6. The van der Waals surface area contributed by atoms with Gasteiger partial charge in [-0.15, -0.1) is 0 Å². The fraction of sp³-hybridized carbons (Fsp3) is 0.0667. The third-order valence-electron chi connectivity index (χ3n) is 3.07. The van der Waals surface area contributed by atoms with E-state index in [9.17, 15) is 9.59 Å². The first-order chi connectivity index (χ1) is 9.66. The Bertz CT molecular complexity index is 830. The van der Waals surface area contributed by atoms with Gasteiger partial charge in [-0.1, -0.05) is 42.5 Å². The van der Waals surface area contributed by atoms with E-state index in [1.54, 1.807) is 12.1 Å².